The highest BCUT2D eigenvalue weighted by Crippen LogP contribution is 2.50. The van der Waals surface area contributed by atoms with Gasteiger partial charge >= 0.3 is 6.03 Å². The molecule has 0 unspecified atom stereocenters. The predicted octanol–water partition coefficient (Wildman–Crippen LogP) is 7.03. The van der Waals surface area contributed by atoms with Crippen molar-refractivity contribution in [3.8, 4) is 11.5 Å². The van der Waals surface area contributed by atoms with E-state index in [0.717, 1.165) is 42.0 Å². The van der Waals surface area contributed by atoms with Gasteiger partial charge < -0.3 is 14.4 Å². The van der Waals surface area contributed by atoms with Crippen LogP contribution >= 0.6 is 0 Å². The van der Waals surface area contributed by atoms with Crippen molar-refractivity contribution in [3.63, 3.8) is 0 Å². The molecule has 0 spiro atoms. The molecule has 2 atom stereocenters. The first-order chi connectivity index (χ1) is 22.8. The number of carbonyl (C=O) groups excluding carboxylic acids is 3. The molecule has 238 valence electrons. The summed E-state index contributed by atoms with van der Waals surface area (Å²) in [6.45, 7) is 5.63. The van der Waals surface area contributed by atoms with E-state index in [1.54, 1.807) is 25.3 Å². The Morgan fingerprint density at radius 1 is 0.809 bits per heavy atom. The molecule has 3 aliphatic heterocycles. The van der Waals surface area contributed by atoms with E-state index >= 15 is 0 Å². The van der Waals surface area contributed by atoms with Crippen molar-refractivity contribution in [1.82, 2.24) is 5.32 Å². The maximum atomic E-state index is 14.3. The van der Waals surface area contributed by atoms with Crippen LogP contribution in [-0.2, 0) is 9.59 Å². The molecule has 0 aromatic heterocycles. The zero-order valence-electron chi connectivity index (χ0n) is 26.7. The minimum Gasteiger partial charge on any atom is -0.497 e. The third kappa shape index (κ3) is 5.65. The first kappa shape index (κ1) is 30.3. The van der Waals surface area contributed by atoms with Crippen LogP contribution in [0, 0.1) is 0 Å². The molecule has 3 aliphatic rings. The number of benzene rings is 4. The molecular weight excluding hydrogens is 590 g/mol. The second-order valence-electron chi connectivity index (χ2n) is 12.5. The van der Waals surface area contributed by atoms with Crippen molar-refractivity contribution in [3.05, 3.63) is 124 Å². The summed E-state index contributed by atoms with van der Waals surface area (Å²) in [5.41, 5.74) is 6.54. The van der Waals surface area contributed by atoms with Crippen LogP contribution in [0.1, 0.15) is 66.3 Å². The van der Waals surface area contributed by atoms with Gasteiger partial charge in [0, 0.05) is 42.2 Å². The summed E-state index contributed by atoms with van der Waals surface area (Å²) >= 11 is 0. The van der Waals surface area contributed by atoms with Gasteiger partial charge in [0.1, 0.15) is 17.1 Å². The zero-order chi connectivity index (χ0) is 32.7. The van der Waals surface area contributed by atoms with Crippen LogP contribution in [0.4, 0.5) is 16.2 Å². The molecule has 47 heavy (non-hydrogen) atoms. The Morgan fingerprint density at radius 2 is 1.40 bits per heavy atom. The number of amides is 4. The summed E-state index contributed by atoms with van der Waals surface area (Å²) in [5.74, 6) is -0.219. The Labute approximate surface area is 274 Å². The van der Waals surface area contributed by atoms with Crippen LogP contribution in [0.2, 0.25) is 0 Å². The molecule has 0 saturated carbocycles. The zero-order valence-corrected chi connectivity index (χ0v) is 26.7. The molecule has 4 aromatic rings. The third-order valence-corrected chi connectivity index (χ3v) is 9.24. The van der Waals surface area contributed by atoms with Crippen LogP contribution in [0.5, 0.6) is 11.5 Å². The van der Waals surface area contributed by atoms with E-state index in [9.17, 15) is 14.4 Å². The van der Waals surface area contributed by atoms with Crippen molar-refractivity contribution >= 4 is 35.3 Å². The standard InChI is InChI=1S/C39H37N3O5/c1-24(2)47-35-23-29(46-3)15-14-27(35)20-34-37(43)40-39(45)42(38(34)44)28-21-32-30(25-10-6-4-7-11-25)16-18-41-19-17-31(33(22-28)36(32)41)26-12-8-5-9-13-26/h4-15,20-24,30-31H,16-19H2,1-3H3,(H,40,43,45)/b34-20+/t30-,31-/m1/s1. The lowest BCUT2D eigenvalue weighted by Crippen LogP contribution is -2.54. The van der Waals surface area contributed by atoms with E-state index in [1.165, 1.54) is 22.9 Å². The van der Waals surface area contributed by atoms with Gasteiger partial charge in [-0.05, 0) is 79.3 Å². The molecule has 4 amide bonds. The van der Waals surface area contributed by atoms with Crippen LogP contribution in [0.3, 0.4) is 0 Å². The summed E-state index contributed by atoms with van der Waals surface area (Å²) in [5, 5.41) is 2.42. The average molecular weight is 628 g/mol. The number of ether oxygens (including phenoxy) is 2. The monoisotopic (exact) mass is 627 g/mol. The third-order valence-electron chi connectivity index (χ3n) is 9.24. The molecule has 7 rings (SSSR count). The van der Waals surface area contributed by atoms with E-state index in [1.807, 2.05) is 62.4 Å². The molecule has 4 aromatic carbocycles. The number of rotatable bonds is 7. The number of barbiturate groups is 1. The lowest BCUT2D eigenvalue weighted by Gasteiger charge is -2.44. The number of hydrogen-bond donors (Lipinski definition) is 1. The van der Waals surface area contributed by atoms with Gasteiger partial charge in [-0.25, -0.2) is 9.69 Å². The van der Waals surface area contributed by atoms with E-state index in [-0.39, 0.29) is 23.5 Å². The van der Waals surface area contributed by atoms with Gasteiger partial charge in [-0.3, -0.25) is 14.9 Å². The van der Waals surface area contributed by atoms with Crippen LogP contribution in [0.25, 0.3) is 6.08 Å². The number of urea groups is 1. The molecule has 3 heterocycles. The van der Waals surface area contributed by atoms with E-state index < -0.39 is 17.8 Å². The molecule has 0 bridgehead atoms. The highest BCUT2D eigenvalue weighted by molar-refractivity contribution is 6.39. The summed E-state index contributed by atoms with van der Waals surface area (Å²) in [6.07, 6.45) is 3.15. The Balaban J connectivity index is 1.37. The number of imide groups is 2. The number of anilines is 2. The van der Waals surface area contributed by atoms with Gasteiger partial charge in [0.15, 0.2) is 0 Å². The van der Waals surface area contributed by atoms with E-state index in [2.05, 4.69) is 34.5 Å². The van der Waals surface area contributed by atoms with Crippen molar-refractivity contribution in [2.24, 2.45) is 0 Å². The number of carbonyl (C=O) groups is 3. The van der Waals surface area contributed by atoms with E-state index in [0.29, 0.717) is 22.7 Å². The van der Waals surface area contributed by atoms with Crippen LogP contribution in [-0.4, -0.2) is 44.1 Å². The highest BCUT2D eigenvalue weighted by atomic mass is 16.5. The summed E-state index contributed by atoms with van der Waals surface area (Å²) in [6, 6.07) is 29.1. The molecule has 1 saturated heterocycles. The van der Waals surface area contributed by atoms with Gasteiger partial charge in [-0.2, -0.15) is 0 Å². The van der Waals surface area contributed by atoms with Gasteiger partial charge in [0.25, 0.3) is 11.8 Å². The largest absolute Gasteiger partial charge is 0.497 e. The molecule has 8 nitrogen and oxygen atoms in total. The SMILES string of the molecule is COc1ccc(/C=C2\C(=O)NC(=O)N(c3cc4c5c(c3)[C@@H](c3ccccc3)CCN5CC[C@@H]4c3ccccc3)C2=O)c(OC(C)C)c1. The number of hydrogen-bond acceptors (Lipinski definition) is 6. The van der Waals surface area contributed by atoms with Crippen molar-refractivity contribution in [2.75, 3.05) is 30.0 Å². The second-order valence-corrected chi connectivity index (χ2v) is 12.5. The molecule has 0 radical (unpaired) electrons. The topological polar surface area (TPSA) is 88.2 Å². The average Bonchev–Trinajstić information content (AvgIpc) is 3.08. The van der Waals surface area contributed by atoms with Crippen molar-refractivity contribution < 1.29 is 23.9 Å². The lowest BCUT2D eigenvalue weighted by molar-refractivity contribution is -0.122. The van der Waals surface area contributed by atoms with Gasteiger partial charge in [0.2, 0.25) is 0 Å². The predicted molar refractivity (Wildman–Crippen MR) is 182 cm³/mol. The number of methoxy groups -OCH3 is 1. The summed E-state index contributed by atoms with van der Waals surface area (Å²) in [4.78, 5) is 44.6. The maximum Gasteiger partial charge on any atom is 0.335 e. The highest BCUT2D eigenvalue weighted by Gasteiger charge is 2.40. The quantitative estimate of drug-likeness (QED) is 0.175. The normalized spacial score (nSPS) is 19.9. The number of nitrogens with zero attached hydrogens (tertiary/aromatic N) is 2. The Bertz CT molecular complexity index is 1810. The number of nitrogens with one attached hydrogen (secondary N) is 1. The maximum absolute atomic E-state index is 14.3. The fraction of sp³-hybridized carbons (Fsp3) is 0.256. The Hall–Kier alpha value is -5.37. The molecular formula is C39H37N3O5. The lowest BCUT2D eigenvalue weighted by atomic mass is 9.76. The summed E-state index contributed by atoms with van der Waals surface area (Å²) in [7, 11) is 1.56. The Morgan fingerprint density at radius 3 is 1.96 bits per heavy atom. The van der Waals surface area contributed by atoms with Crippen LogP contribution < -0.4 is 24.6 Å². The van der Waals surface area contributed by atoms with Crippen LogP contribution in [0.15, 0.2) is 96.6 Å². The van der Waals surface area contributed by atoms with E-state index in [4.69, 9.17) is 9.47 Å². The van der Waals surface area contributed by atoms with Gasteiger partial charge in [0.05, 0.1) is 18.9 Å². The first-order valence-electron chi connectivity index (χ1n) is 16.1. The minimum atomic E-state index is -0.770. The van der Waals surface area contributed by atoms with Crippen molar-refractivity contribution in [1.29, 1.82) is 0 Å². The minimum absolute atomic E-state index is 0.0883. The summed E-state index contributed by atoms with van der Waals surface area (Å²) < 4.78 is 11.4. The molecule has 1 fully saturated rings. The fourth-order valence-electron chi connectivity index (χ4n) is 7.13. The molecule has 1 N–H and O–H groups in total. The molecule has 0 aliphatic carbocycles. The Kier molecular flexibility index (Phi) is 8.02. The fourth-order valence-corrected chi connectivity index (χ4v) is 7.13. The van der Waals surface area contributed by atoms with Gasteiger partial charge in [-0.15, -0.1) is 0 Å². The molecule has 8 heteroatoms. The second kappa shape index (κ2) is 12.4. The van der Waals surface area contributed by atoms with Gasteiger partial charge in [-0.1, -0.05) is 60.7 Å². The smallest absolute Gasteiger partial charge is 0.335 e. The first-order valence-corrected chi connectivity index (χ1v) is 16.1. The van der Waals surface area contributed by atoms with Crippen molar-refractivity contribution in [2.45, 2.75) is 44.6 Å².